The van der Waals surface area contributed by atoms with Gasteiger partial charge in [0, 0.05) is 24.6 Å². The number of carbonyl (C=O) groups excluding carboxylic acids is 2. The minimum atomic E-state index is -0.405. The molecule has 7 nitrogen and oxygen atoms in total. The van der Waals surface area contributed by atoms with Gasteiger partial charge in [-0.2, -0.15) is 4.98 Å². The molecule has 1 amide bonds. The highest BCUT2D eigenvalue weighted by molar-refractivity contribution is 5.87. The molecule has 0 spiro atoms. The van der Waals surface area contributed by atoms with Crippen LogP contribution in [0.1, 0.15) is 50.5 Å². The van der Waals surface area contributed by atoms with Crippen molar-refractivity contribution in [2.45, 2.75) is 58.1 Å². The van der Waals surface area contributed by atoms with Crippen molar-refractivity contribution >= 4 is 11.9 Å². The Hall–Kier alpha value is -2.70. The lowest BCUT2D eigenvalue weighted by Crippen LogP contribution is -2.35. The Kier molecular flexibility index (Phi) is 5.41. The molecule has 148 valence electrons. The highest BCUT2D eigenvalue weighted by Gasteiger charge is 2.39. The molecule has 1 aliphatic carbocycles. The fourth-order valence-corrected chi connectivity index (χ4v) is 4.03. The van der Waals surface area contributed by atoms with E-state index in [2.05, 4.69) is 17.1 Å². The summed E-state index contributed by atoms with van der Waals surface area (Å²) in [5.74, 6) is -0.000487. The standard InChI is InChI=1S/C21H25N3O4/c1-2-14-7-9-15(10-8-14)20-22-18(28-23-20)13-27-21(26)16-11-19(25)24(12-16)17-5-3-4-6-17/h7-10,16-17H,2-6,11-13H2,1H3/t16-/m0/s1. The molecular weight excluding hydrogens is 358 g/mol. The molecule has 1 saturated heterocycles. The zero-order valence-corrected chi connectivity index (χ0v) is 16.1. The van der Waals surface area contributed by atoms with Crippen LogP contribution in [0.2, 0.25) is 0 Å². The number of nitrogens with zero attached hydrogens (tertiary/aromatic N) is 3. The first-order valence-electron chi connectivity index (χ1n) is 10.0. The zero-order valence-electron chi connectivity index (χ0n) is 16.1. The van der Waals surface area contributed by atoms with Crippen LogP contribution in [0, 0.1) is 5.92 Å². The third kappa shape index (κ3) is 3.93. The van der Waals surface area contributed by atoms with Gasteiger partial charge in [-0.25, -0.2) is 0 Å². The first kappa shape index (κ1) is 18.7. The van der Waals surface area contributed by atoms with Crippen LogP contribution >= 0.6 is 0 Å². The summed E-state index contributed by atoms with van der Waals surface area (Å²) < 4.78 is 10.5. The van der Waals surface area contributed by atoms with Crippen molar-refractivity contribution in [2.75, 3.05) is 6.54 Å². The number of hydrogen-bond donors (Lipinski definition) is 0. The molecule has 28 heavy (non-hydrogen) atoms. The quantitative estimate of drug-likeness (QED) is 0.713. The van der Waals surface area contributed by atoms with E-state index in [-0.39, 0.29) is 30.8 Å². The summed E-state index contributed by atoms with van der Waals surface area (Å²) >= 11 is 0. The molecule has 0 bridgehead atoms. The van der Waals surface area contributed by atoms with Crippen molar-refractivity contribution in [3.63, 3.8) is 0 Å². The number of hydrogen-bond acceptors (Lipinski definition) is 6. The van der Waals surface area contributed by atoms with Gasteiger partial charge in [0.05, 0.1) is 5.92 Å². The molecule has 2 fully saturated rings. The van der Waals surface area contributed by atoms with E-state index in [1.807, 2.05) is 29.2 Å². The topological polar surface area (TPSA) is 85.5 Å². The van der Waals surface area contributed by atoms with Crippen LogP contribution in [0.4, 0.5) is 0 Å². The Morgan fingerprint density at radius 2 is 2.00 bits per heavy atom. The molecule has 2 aromatic rings. The fourth-order valence-electron chi connectivity index (χ4n) is 4.03. The molecule has 1 saturated carbocycles. The van der Waals surface area contributed by atoms with Gasteiger partial charge in [0.15, 0.2) is 6.61 Å². The fraction of sp³-hybridized carbons (Fsp3) is 0.524. The summed E-state index contributed by atoms with van der Waals surface area (Å²) in [6.45, 7) is 2.48. The Labute approximate surface area is 164 Å². The molecule has 2 aliphatic rings. The number of ether oxygens (including phenoxy) is 1. The summed E-state index contributed by atoms with van der Waals surface area (Å²) in [6.07, 6.45) is 5.59. The van der Waals surface area contributed by atoms with E-state index in [9.17, 15) is 9.59 Å². The molecule has 1 aromatic carbocycles. The van der Waals surface area contributed by atoms with Crippen LogP contribution < -0.4 is 0 Å². The molecule has 2 heterocycles. The zero-order chi connectivity index (χ0) is 19.5. The van der Waals surface area contributed by atoms with Gasteiger partial charge < -0.3 is 14.2 Å². The maximum Gasteiger partial charge on any atom is 0.311 e. The summed E-state index contributed by atoms with van der Waals surface area (Å²) in [5, 5.41) is 3.95. The number of rotatable bonds is 6. The number of amides is 1. The monoisotopic (exact) mass is 383 g/mol. The van der Waals surface area contributed by atoms with Crippen molar-refractivity contribution in [3.05, 3.63) is 35.7 Å². The molecule has 7 heteroatoms. The SMILES string of the molecule is CCc1ccc(-c2noc(COC(=O)[C@H]3CC(=O)N(C4CCCC4)C3)n2)cc1. The summed E-state index contributed by atoms with van der Waals surface area (Å²) in [6, 6.07) is 8.24. The lowest BCUT2D eigenvalue weighted by Gasteiger charge is -2.23. The molecule has 0 radical (unpaired) electrons. The van der Waals surface area contributed by atoms with Gasteiger partial charge in [0.1, 0.15) is 0 Å². The van der Waals surface area contributed by atoms with E-state index in [1.165, 1.54) is 5.56 Å². The Bertz CT molecular complexity index is 840. The number of aryl methyl sites for hydroxylation is 1. The van der Waals surface area contributed by atoms with E-state index >= 15 is 0 Å². The normalized spacial score (nSPS) is 20.1. The van der Waals surface area contributed by atoms with Crippen LogP contribution in [0.3, 0.4) is 0 Å². The first-order chi connectivity index (χ1) is 13.6. The molecule has 1 aromatic heterocycles. The number of likely N-dealkylation sites (tertiary alicyclic amines) is 1. The van der Waals surface area contributed by atoms with E-state index in [0.717, 1.165) is 37.7 Å². The smallest absolute Gasteiger partial charge is 0.311 e. The summed E-state index contributed by atoms with van der Waals surface area (Å²) in [4.78, 5) is 30.8. The highest BCUT2D eigenvalue weighted by atomic mass is 16.6. The van der Waals surface area contributed by atoms with Gasteiger partial charge in [0.2, 0.25) is 11.7 Å². The van der Waals surface area contributed by atoms with Crippen molar-refractivity contribution in [3.8, 4) is 11.4 Å². The maximum absolute atomic E-state index is 12.4. The minimum absolute atomic E-state index is 0.0597. The predicted octanol–water partition coefficient (Wildman–Crippen LogP) is 3.13. The number of carbonyl (C=O) groups is 2. The lowest BCUT2D eigenvalue weighted by molar-refractivity contribution is -0.150. The number of esters is 1. The number of aromatic nitrogens is 2. The second kappa shape index (κ2) is 8.12. The largest absolute Gasteiger partial charge is 0.455 e. The maximum atomic E-state index is 12.4. The van der Waals surface area contributed by atoms with Crippen molar-refractivity contribution in [1.29, 1.82) is 0 Å². The van der Waals surface area contributed by atoms with Crippen LogP contribution in [-0.2, 0) is 27.4 Å². The van der Waals surface area contributed by atoms with Gasteiger partial charge >= 0.3 is 5.97 Å². The van der Waals surface area contributed by atoms with E-state index in [1.54, 1.807) is 0 Å². The molecule has 4 rings (SSSR count). The highest BCUT2D eigenvalue weighted by Crippen LogP contribution is 2.30. The van der Waals surface area contributed by atoms with Crippen LogP contribution in [0.15, 0.2) is 28.8 Å². The third-order valence-electron chi connectivity index (χ3n) is 5.68. The van der Waals surface area contributed by atoms with E-state index in [0.29, 0.717) is 18.4 Å². The molecular formula is C21H25N3O4. The van der Waals surface area contributed by atoms with Gasteiger partial charge in [-0.3, -0.25) is 9.59 Å². The molecule has 0 N–H and O–H groups in total. The first-order valence-corrected chi connectivity index (χ1v) is 10.0. The molecule has 1 atom stereocenters. The van der Waals surface area contributed by atoms with Crippen LogP contribution in [-0.4, -0.2) is 39.5 Å². The van der Waals surface area contributed by atoms with E-state index < -0.39 is 5.92 Å². The van der Waals surface area contributed by atoms with Gasteiger partial charge in [-0.1, -0.05) is 49.2 Å². The Balaban J connectivity index is 1.31. The van der Waals surface area contributed by atoms with Crippen molar-refractivity contribution in [1.82, 2.24) is 15.0 Å². The summed E-state index contributed by atoms with van der Waals surface area (Å²) in [5.41, 5.74) is 2.09. The minimum Gasteiger partial charge on any atom is -0.455 e. The van der Waals surface area contributed by atoms with Crippen molar-refractivity contribution in [2.24, 2.45) is 5.92 Å². The van der Waals surface area contributed by atoms with Crippen LogP contribution in [0.5, 0.6) is 0 Å². The predicted molar refractivity (Wildman–Crippen MR) is 101 cm³/mol. The molecule has 0 unspecified atom stereocenters. The van der Waals surface area contributed by atoms with Gasteiger partial charge in [-0.05, 0) is 24.8 Å². The average molecular weight is 383 g/mol. The second-order valence-corrected chi connectivity index (χ2v) is 7.56. The summed E-state index contributed by atoms with van der Waals surface area (Å²) in [7, 11) is 0. The average Bonchev–Trinajstić information content (AvgIpc) is 3.47. The number of benzene rings is 1. The molecule has 1 aliphatic heterocycles. The van der Waals surface area contributed by atoms with Gasteiger partial charge in [-0.15, -0.1) is 0 Å². The van der Waals surface area contributed by atoms with Crippen LogP contribution in [0.25, 0.3) is 11.4 Å². The second-order valence-electron chi connectivity index (χ2n) is 7.56. The Morgan fingerprint density at radius 3 is 2.71 bits per heavy atom. The van der Waals surface area contributed by atoms with E-state index in [4.69, 9.17) is 9.26 Å². The van der Waals surface area contributed by atoms with Gasteiger partial charge in [0.25, 0.3) is 5.89 Å². The van der Waals surface area contributed by atoms with Crippen molar-refractivity contribution < 1.29 is 18.8 Å². The third-order valence-corrected chi connectivity index (χ3v) is 5.68. The Morgan fingerprint density at radius 1 is 1.25 bits per heavy atom. The lowest BCUT2D eigenvalue weighted by atomic mass is 10.1.